The van der Waals surface area contributed by atoms with Gasteiger partial charge in [0.2, 0.25) is 0 Å². The number of carbonyl (C=O) groups excluding carboxylic acids is 1. The highest BCUT2D eigenvalue weighted by Gasteiger charge is 2.33. The van der Waals surface area contributed by atoms with Gasteiger partial charge in [0.15, 0.2) is 0 Å². The van der Waals surface area contributed by atoms with Crippen LogP contribution in [0.1, 0.15) is 31.4 Å². The van der Waals surface area contributed by atoms with Crippen LogP contribution < -0.4 is 15.4 Å². The molecular formula is C28H31N5O2S2. The summed E-state index contributed by atoms with van der Waals surface area (Å²) in [5.74, 6) is 0.950. The van der Waals surface area contributed by atoms with Gasteiger partial charge in [0.25, 0.3) is 11.5 Å². The fourth-order valence-electron chi connectivity index (χ4n) is 4.64. The van der Waals surface area contributed by atoms with Gasteiger partial charge in [-0.3, -0.25) is 18.9 Å². The second kappa shape index (κ2) is 10.7. The Bertz CT molecular complexity index is 1430. The topological polar surface area (TPSA) is 61.2 Å². The van der Waals surface area contributed by atoms with Crippen molar-refractivity contribution in [2.45, 2.75) is 27.2 Å². The average Bonchev–Trinajstić information content (AvgIpc) is 3.17. The molecule has 5 rings (SSSR count). The Morgan fingerprint density at radius 3 is 2.43 bits per heavy atom. The van der Waals surface area contributed by atoms with E-state index in [1.807, 2.05) is 37.3 Å². The van der Waals surface area contributed by atoms with Crippen molar-refractivity contribution < 1.29 is 4.79 Å². The molecule has 192 valence electrons. The van der Waals surface area contributed by atoms with E-state index in [1.54, 1.807) is 21.6 Å². The van der Waals surface area contributed by atoms with Crippen molar-refractivity contribution in [3.8, 4) is 0 Å². The van der Waals surface area contributed by atoms with Gasteiger partial charge < -0.3 is 9.80 Å². The van der Waals surface area contributed by atoms with Crippen LogP contribution in [-0.4, -0.2) is 57.2 Å². The smallest absolute Gasteiger partial charge is 0.267 e. The minimum atomic E-state index is -0.179. The number of hydrogen-bond acceptors (Lipinski definition) is 7. The highest BCUT2D eigenvalue weighted by Crippen LogP contribution is 2.34. The molecule has 0 aliphatic carbocycles. The number of amides is 1. The van der Waals surface area contributed by atoms with E-state index in [-0.39, 0.29) is 11.5 Å². The molecule has 1 aromatic carbocycles. The van der Waals surface area contributed by atoms with E-state index in [1.165, 1.54) is 17.4 Å². The molecule has 1 amide bonds. The number of benzene rings is 1. The number of carbonyl (C=O) groups is 1. The Morgan fingerprint density at radius 1 is 1.03 bits per heavy atom. The summed E-state index contributed by atoms with van der Waals surface area (Å²) in [5.41, 5.74) is 3.00. The first-order valence-electron chi connectivity index (χ1n) is 12.6. The molecule has 0 bridgehead atoms. The van der Waals surface area contributed by atoms with Gasteiger partial charge in [-0.2, -0.15) is 0 Å². The maximum absolute atomic E-state index is 13.8. The van der Waals surface area contributed by atoms with Crippen molar-refractivity contribution >= 4 is 57.4 Å². The van der Waals surface area contributed by atoms with Crippen molar-refractivity contribution in [1.82, 2.24) is 14.3 Å². The Labute approximate surface area is 226 Å². The summed E-state index contributed by atoms with van der Waals surface area (Å²) in [5, 5.41) is 0. The molecular weight excluding hydrogens is 502 g/mol. The zero-order chi connectivity index (χ0) is 26.1. The number of thiocarbonyl (C=S) groups is 1. The van der Waals surface area contributed by atoms with E-state index in [0.29, 0.717) is 38.7 Å². The maximum Gasteiger partial charge on any atom is 0.267 e. The average molecular weight is 534 g/mol. The monoisotopic (exact) mass is 533 g/mol. The van der Waals surface area contributed by atoms with E-state index >= 15 is 0 Å². The summed E-state index contributed by atoms with van der Waals surface area (Å²) in [6.45, 7) is 9.86. The SMILES string of the molecule is Cc1ccc2nc(N3CCN(c4ccccc4)CC3)c(/C=C3\SC(=S)N(CCC(C)C)C3=O)c(=O)n2c1. The molecule has 2 aromatic heterocycles. The molecule has 0 radical (unpaired) electrons. The predicted octanol–water partition coefficient (Wildman–Crippen LogP) is 4.58. The number of fused-ring (bicyclic) bond motifs is 1. The Hall–Kier alpha value is -3.17. The number of thioether (sulfide) groups is 1. The van der Waals surface area contributed by atoms with E-state index in [9.17, 15) is 9.59 Å². The highest BCUT2D eigenvalue weighted by molar-refractivity contribution is 8.26. The molecule has 0 atom stereocenters. The van der Waals surface area contributed by atoms with Crippen LogP contribution in [0.2, 0.25) is 0 Å². The fraction of sp³-hybridized carbons (Fsp3) is 0.357. The third kappa shape index (κ3) is 5.29. The summed E-state index contributed by atoms with van der Waals surface area (Å²) in [6.07, 6.45) is 4.38. The summed E-state index contributed by atoms with van der Waals surface area (Å²) in [6, 6.07) is 14.2. The lowest BCUT2D eigenvalue weighted by molar-refractivity contribution is -0.122. The van der Waals surface area contributed by atoms with Gasteiger partial charge in [0, 0.05) is 44.6 Å². The zero-order valence-electron chi connectivity index (χ0n) is 21.4. The predicted molar refractivity (Wildman–Crippen MR) is 156 cm³/mol. The molecule has 2 saturated heterocycles. The normalized spacial score (nSPS) is 17.6. The number of aromatic nitrogens is 2. The Morgan fingerprint density at radius 2 is 1.73 bits per heavy atom. The van der Waals surface area contributed by atoms with Crippen LogP contribution in [0.25, 0.3) is 11.7 Å². The molecule has 0 saturated carbocycles. The molecule has 0 N–H and O–H groups in total. The van der Waals surface area contributed by atoms with E-state index in [4.69, 9.17) is 17.2 Å². The molecule has 37 heavy (non-hydrogen) atoms. The van der Waals surface area contributed by atoms with Crippen LogP contribution in [-0.2, 0) is 4.79 Å². The summed E-state index contributed by atoms with van der Waals surface area (Å²) in [7, 11) is 0. The maximum atomic E-state index is 13.8. The lowest BCUT2D eigenvalue weighted by Crippen LogP contribution is -2.47. The lowest BCUT2D eigenvalue weighted by atomic mass is 10.1. The van der Waals surface area contributed by atoms with Crippen molar-refractivity contribution in [3.05, 3.63) is 75.0 Å². The van der Waals surface area contributed by atoms with E-state index in [2.05, 4.69) is 35.8 Å². The van der Waals surface area contributed by atoms with Crippen LogP contribution in [0.5, 0.6) is 0 Å². The van der Waals surface area contributed by atoms with Gasteiger partial charge in [-0.1, -0.05) is 62.1 Å². The number of rotatable bonds is 6. The molecule has 0 spiro atoms. The number of nitrogens with zero attached hydrogens (tertiary/aromatic N) is 5. The summed E-state index contributed by atoms with van der Waals surface area (Å²) in [4.78, 5) is 38.6. The highest BCUT2D eigenvalue weighted by atomic mass is 32.2. The van der Waals surface area contributed by atoms with Crippen LogP contribution in [0, 0.1) is 12.8 Å². The van der Waals surface area contributed by atoms with Crippen molar-refractivity contribution in [2.24, 2.45) is 5.92 Å². The Balaban J connectivity index is 1.51. The third-order valence-electron chi connectivity index (χ3n) is 6.77. The van der Waals surface area contributed by atoms with E-state index in [0.717, 1.165) is 38.2 Å². The number of aryl methyl sites for hydroxylation is 1. The van der Waals surface area contributed by atoms with Gasteiger partial charge in [-0.05, 0) is 49.1 Å². The second-order valence-corrected chi connectivity index (χ2v) is 11.6. The number of para-hydroxylation sites is 1. The standard InChI is InChI=1S/C28H31N5O2S2/c1-19(2)11-12-32-27(35)23(37-28(32)36)17-22-25(29-24-10-9-20(3)18-33(24)26(22)34)31-15-13-30(14-16-31)21-7-5-4-6-8-21/h4-10,17-19H,11-16H2,1-3H3/b23-17-. The Kier molecular flexibility index (Phi) is 7.35. The van der Waals surface area contributed by atoms with Crippen molar-refractivity contribution in [3.63, 3.8) is 0 Å². The van der Waals surface area contributed by atoms with Gasteiger partial charge in [-0.15, -0.1) is 0 Å². The quantitative estimate of drug-likeness (QED) is 0.340. The van der Waals surface area contributed by atoms with Crippen LogP contribution in [0.4, 0.5) is 11.5 Å². The largest absolute Gasteiger partial charge is 0.368 e. The molecule has 4 heterocycles. The van der Waals surface area contributed by atoms with Crippen LogP contribution in [0.3, 0.4) is 0 Å². The van der Waals surface area contributed by atoms with Crippen molar-refractivity contribution in [1.29, 1.82) is 0 Å². The van der Waals surface area contributed by atoms with Crippen LogP contribution >= 0.6 is 24.0 Å². The lowest BCUT2D eigenvalue weighted by Gasteiger charge is -2.37. The number of anilines is 2. The van der Waals surface area contributed by atoms with Gasteiger partial charge in [-0.25, -0.2) is 4.98 Å². The zero-order valence-corrected chi connectivity index (χ0v) is 23.0. The number of hydrogen-bond donors (Lipinski definition) is 0. The molecule has 3 aromatic rings. The fourth-order valence-corrected chi connectivity index (χ4v) is 5.93. The minimum absolute atomic E-state index is 0.135. The third-order valence-corrected chi connectivity index (χ3v) is 8.14. The molecule has 0 unspecified atom stereocenters. The molecule has 2 aliphatic heterocycles. The molecule has 9 heteroatoms. The first-order chi connectivity index (χ1) is 17.8. The molecule has 2 aliphatic rings. The van der Waals surface area contributed by atoms with Gasteiger partial charge >= 0.3 is 0 Å². The molecule has 7 nitrogen and oxygen atoms in total. The van der Waals surface area contributed by atoms with Gasteiger partial charge in [0.1, 0.15) is 15.8 Å². The number of pyridine rings is 1. The minimum Gasteiger partial charge on any atom is -0.368 e. The second-order valence-electron chi connectivity index (χ2n) is 9.91. The van der Waals surface area contributed by atoms with Crippen LogP contribution in [0.15, 0.2) is 58.4 Å². The number of piperazine rings is 1. The van der Waals surface area contributed by atoms with E-state index < -0.39 is 0 Å². The summed E-state index contributed by atoms with van der Waals surface area (Å²) >= 11 is 6.78. The first-order valence-corrected chi connectivity index (χ1v) is 13.9. The van der Waals surface area contributed by atoms with Gasteiger partial charge in [0.05, 0.1) is 10.5 Å². The molecule has 2 fully saturated rings. The van der Waals surface area contributed by atoms with Crippen molar-refractivity contribution in [2.75, 3.05) is 42.5 Å². The summed E-state index contributed by atoms with van der Waals surface area (Å²) < 4.78 is 2.12. The first kappa shape index (κ1) is 25.5.